The van der Waals surface area contributed by atoms with E-state index in [4.69, 9.17) is 16.6 Å². The fourth-order valence-electron chi connectivity index (χ4n) is 3.75. The molecule has 5 rings (SSSR count). The van der Waals surface area contributed by atoms with E-state index < -0.39 is 0 Å². The van der Waals surface area contributed by atoms with Crippen LogP contribution in [0.4, 0.5) is 5.13 Å². The predicted octanol–water partition coefficient (Wildman–Crippen LogP) is 6.06. The maximum absolute atomic E-state index is 13.9. The third-order valence-corrected chi connectivity index (χ3v) is 6.45. The van der Waals surface area contributed by atoms with E-state index in [0.717, 1.165) is 27.0 Å². The Morgan fingerprint density at radius 1 is 1.06 bits per heavy atom. The smallest absolute Gasteiger partial charge is 0.279 e. The van der Waals surface area contributed by atoms with Gasteiger partial charge in [-0.05, 0) is 49.2 Å². The summed E-state index contributed by atoms with van der Waals surface area (Å²) >= 11 is 7.73. The molecule has 0 fully saturated rings. The number of carbonyl (C=O) groups excluding carboxylic acids is 1. The van der Waals surface area contributed by atoms with Crippen LogP contribution in [0, 0.1) is 13.8 Å². The van der Waals surface area contributed by atoms with Crippen LogP contribution >= 0.6 is 22.9 Å². The molecule has 0 N–H and O–H groups in total. The van der Waals surface area contributed by atoms with Crippen molar-refractivity contribution < 1.29 is 4.79 Å². The zero-order valence-corrected chi connectivity index (χ0v) is 18.6. The third kappa shape index (κ3) is 3.58. The SMILES string of the molecule is Cc1nc2ccccn2c1C(=O)N(Cc1ccccc1)c1nc2c(C)cc(Cl)cc2s1. The van der Waals surface area contributed by atoms with Crippen LogP contribution in [0.25, 0.3) is 15.9 Å². The Kier molecular flexibility index (Phi) is 4.96. The monoisotopic (exact) mass is 446 g/mol. The molecule has 0 bridgehead atoms. The third-order valence-electron chi connectivity index (χ3n) is 5.21. The summed E-state index contributed by atoms with van der Waals surface area (Å²) in [5.41, 5.74) is 4.86. The van der Waals surface area contributed by atoms with Crippen LogP contribution in [0.15, 0.2) is 66.9 Å². The number of hydrogen-bond donors (Lipinski definition) is 0. The highest BCUT2D eigenvalue weighted by molar-refractivity contribution is 7.22. The van der Waals surface area contributed by atoms with Crippen LogP contribution in [0.3, 0.4) is 0 Å². The first-order chi connectivity index (χ1) is 15.0. The zero-order valence-electron chi connectivity index (χ0n) is 17.0. The fourth-order valence-corrected chi connectivity index (χ4v) is 5.17. The van der Waals surface area contributed by atoms with Crippen LogP contribution in [0.1, 0.15) is 27.3 Å². The molecule has 0 aliphatic heterocycles. The van der Waals surface area contributed by atoms with E-state index in [1.165, 1.54) is 11.3 Å². The molecule has 0 unspecified atom stereocenters. The van der Waals surface area contributed by atoms with Crippen molar-refractivity contribution in [3.63, 3.8) is 0 Å². The molecular weight excluding hydrogens is 428 g/mol. The number of nitrogens with zero attached hydrogens (tertiary/aromatic N) is 4. The standard InChI is InChI=1S/C24H19ClN4OS/c1-15-12-18(25)13-19-21(15)27-24(31-19)29(14-17-8-4-3-5-9-17)23(30)22-16(2)26-20-10-6-7-11-28(20)22/h3-13H,14H2,1-2H3. The molecule has 0 aliphatic rings. The number of thiazole rings is 1. The minimum atomic E-state index is -0.136. The van der Waals surface area contributed by atoms with Crippen molar-refractivity contribution in [1.29, 1.82) is 0 Å². The second-order valence-corrected chi connectivity index (χ2v) is 8.86. The van der Waals surface area contributed by atoms with Crippen molar-refractivity contribution in [2.45, 2.75) is 20.4 Å². The lowest BCUT2D eigenvalue weighted by Crippen LogP contribution is -2.31. The van der Waals surface area contributed by atoms with Crippen molar-refractivity contribution in [2.24, 2.45) is 0 Å². The lowest BCUT2D eigenvalue weighted by atomic mass is 10.2. The number of pyridine rings is 1. The lowest BCUT2D eigenvalue weighted by Gasteiger charge is -2.20. The van der Waals surface area contributed by atoms with Gasteiger partial charge in [0.1, 0.15) is 11.3 Å². The summed E-state index contributed by atoms with van der Waals surface area (Å²) in [6.07, 6.45) is 1.87. The van der Waals surface area contributed by atoms with Crippen LogP contribution in [0.5, 0.6) is 0 Å². The molecule has 7 heteroatoms. The molecule has 154 valence electrons. The van der Waals surface area contributed by atoms with Gasteiger partial charge in [-0.3, -0.25) is 14.1 Å². The summed E-state index contributed by atoms with van der Waals surface area (Å²) in [5, 5.41) is 1.30. The maximum atomic E-state index is 13.9. The van der Waals surface area contributed by atoms with E-state index >= 15 is 0 Å². The Morgan fingerprint density at radius 2 is 1.84 bits per heavy atom. The largest absolute Gasteiger partial charge is 0.295 e. The van der Waals surface area contributed by atoms with Crippen molar-refractivity contribution in [2.75, 3.05) is 4.90 Å². The number of halogens is 1. The molecule has 3 aromatic heterocycles. The number of benzene rings is 2. The Morgan fingerprint density at radius 3 is 2.65 bits per heavy atom. The Balaban J connectivity index is 1.66. The van der Waals surface area contributed by atoms with Crippen LogP contribution in [-0.2, 0) is 6.54 Å². The number of imidazole rings is 1. The summed E-state index contributed by atoms with van der Waals surface area (Å²) in [4.78, 5) is 25.0. The highest BCUT2D eigenvalue weighted by atomic mass is 35.5. The van der Waals surface area contributed by atoms with Crippen LogP contribution in [-0.4, -0.2) is 20.3 Å². The topological polar surface area (TPSA) is 50.5 Å². The number of aryl methyl sites for hydroxylation is 2. The van der Waals surface area contributed by atoms with Gasteiger partial charge in [-0.15, -0.1) is 0 Å². The Labute approximate surface area is 188 Å². The van der Waals surface area contributed by atoms with Crippen LogP contribution < -0.4 is 4.90 Å². The average molecular weight is 447 g/mol. The van der Waals surface area contributed by atoms with Crippen molar-refractivity contribution in [3.8, 4) is 0 Å². The molecule has 0 aliphatic carbocycles. The minimum Gasteiger partial charge on any atom is -0.295 e. The van der Waals surface area contributed by atoms with Gasteiger partial charge in [-0.2, -0.15) is 0 Å². The molecule has 3 heterocycles. The summed E-state index contributed by atoms with van der Waals surface area (Å²) in [5.74, 6) is -0.136. The molecule has 2 aromatic carbocycles. The first-order valence-corrected chi connectivity index (χ1v) is 11.1. The van der Waals surface area contributed by atoms with E-state index in [9.17, 15) is 4.79 Å². The number of aromatic nitrogens is 3. The quantitative estimate of drug-likeness (QED) is 0.337. The van der Waals surface area contributed by atoms with Crippen molar-refractivity contribution in [3.05, 3.63) is 94.4 Å². The molecule has 0 radical (unpaired) electrons. The second-order valence-electron chi connectivity index (χ2n) is 7.42. The fraction of sp³-hybridized carbons (Fsp3) is 0.125. The molecule has 5 aromatic rings. The first-order valence-electron chi connectivity index (χ1n) is 9.87. The van der Waals surface area contributed by atoms with Gasteiger partial charge in [0.25, 0.3) is 5.91 Å². The number of rotatable bonds is 4. The predicted molar refractivity (Wildman–Crippen MR) is 126 cm³/mol. The normalized spacial score (nSPS) is 11.3. The van der Waals surface area contributed by atoms with E-state index in [1.807, 2.05) is 85.1 Å². The van der Waals surface area contributed by atoms with Gasteiger partial charge in [0.2, 0.25) is 0 Å². The van der Waals surface area contributed by atoms with Crippen molar-refractivity contribution in [1.82, 2.24) is 14.4 Å². The molecule has 5 nitrogen and oxygen atoms in total. The maximum Gasteiger partial charge on any atom is 0.279 e. The second kappa shape index (κ2) is 7.80. The molecule has 0 saturated heterocycles. The summed E-state index contributed by atoms with van der Waals surface area (Å²) in [7, 11) is 0. The van der Waals surface area contributed by atoms with Gasteiger partial charge >= 0.3 is 0 Å². The summed E-state index contributed by atoms with van der Waals surface area (Å²) < 4.78 is 2.80. The van der Waals surface area contributed by atoms with E-state index in [1.54, 1.807) is 4.90 Å². The van der Waals surface area contributed by atoms with Crippen LogP contribution in [0.2, 0.25) is 5.02 Å². The van der Waals surface area contributed by atoms with Gasteiger partial charge in [0.05, 0.1) is 22.5 Å². The number of carbonyl (C=O) groups is 1. The molecule has 0 saturated carbocycles. The van der Waals surface area contributed by atoms with Crippen molar-refractivity contribution >= 4 is 49.8 Å². The van der Waals surface area contributed by atoms with Gasteiger partial charge in [0.15, 0.2) is 5.13 Å². The molecule has 1 amide bonds. The first kappa shape index (κ1) is 19.7. The number of hydrogen-bond acceptors (Lipinski definition) is 4. The molecule has 0 spiro atoms. The zero-order chi connectivity index (χ0) is 21.5. The van der Waals surface area contributed by atoms with Gasteiger partial charge in [0, 0.05) is 11.2 Å². The molecular formula is C24H19ClN4OS. The Bertz CT molecular complexity index is 1420. The average Bonchev–Trinajstić information content (AvgIpc) is 3.32. The highest BCUT2D eigenvalue weighted by Gasteiger charge is 2.26. The van der Waals surface area contributed by atoms with E-state index in [-0.39, 0.29) is 5.91 Å². The lowest BCUT2D eigenvalue weighted by molar-refractivity contribution is 0.0979. The van der Waals surface area contributed by atoms with Gasteiger partial charge in [-0.1, -0.05) is 59.3 Å². The van der Waals surface area contributed by atoms with E-state index in [2.05, 4.69) is 4.98 Å². The van der Waals surface area contributed by atoms with E-state index in [0.29, 0.717) is 28.1 Å². The number of amides is 1. The van der Waals surface area contributed by atoms with Gasteiger partial charge in [-0.25, -0.2) is 9.97 Å². The molecule has 0 atom stereocenters. The molecule has 31 heavy (non-hydrogen) atoms. The number of anilines is 1. The number of fused-ring (bicyclic) bond motifs is 2. The Hall–Kier alpha value is -3.22. The minimum absolute atomic E-state index is 0.136. The summed E-state index contributed by atoms with van der Waals surface area (Å²) in [6, 6.07) is 19.4. The highest BCUT2D eigenvalue weighted by Crippen LogP contribution is 2.34. The summed E-state index contributed by atoms with van der Waals surface area (Å²) in [6.45, 7) is 4.25. The van der Waals surface area contributed by atoms with Gasteiger partial charge < -0.3 is 0 Å².